The standard InChI is InChI=1S/C24H24N2OS/c1-19-13-15-21(16-14-19)23(27)18-28-24(25-22-11-7-4-8-12-22)26(2)17-20-9-5-3-6-10-20/h3-16H,17-18H2,1-2H3. The predicted octanol–water partition coefficient (Wildman–Crippen LogP) is 5.73. The summed E-state index contributed by atoms with van der Waals surface area (Å²) in [5, 5.41) is 0.829. The van der Waals surface area contributed by atoms with Crippen molar-refractivity contribution in [2.24, 2.45) is 4.99 Å². The Hall–Kier alpha value is -2.85. The van der Waals surface area contributed by atoms with Gasteiger partial charge in [0, 0.05) is 19.2 Å². The maximum Gasteiger partial charge on any atom is 0.173 e. The second kappa shape index (κ2) is 9.90. The van der Waals surface area contributed by atoms with Gasteiger partial charge in [-0.05, 0) is 24.6 Å². The molecule has 0 radical (unpaired) electrons. The second-order valence-corrected chi connectivity index (χ2v) is 7.59. The summed E-state index contributed by atoms with van der Waals surface area (Å²) in [4.78, 5) is 19.5. The number of carbonyl (C=O) groups excluding carboxylic acids is 1. The van der Waals surface area contributed by atoms with Gasteiger partial charge >= 0.3 is 0 Å². The van der Waals surface area contributed by atoms with E-state index >= 15 is 0 Å². The first-order valence-corrected chi connectivity index (χ1v) is 10.2. The van der Waals surface area contributed by atoms with Crippen LogP contribution in [-0.2, 0) is 6.54 Å². The molecule has 142 valence electrons. The number of thioether (sulfide) groups is 1. The molecular weight excluding hydrogens is 364 g/mol. The number of hydrogen-bond acceptors (Lipinski definition) is 3. The molecule has 3 nitrogen and oxygen atoms in total. The van der Waals surface area contributed by atoms with Gasteiger partial charge in [0.2, 0.25) is 0 Å². The Morgan fingerprint density at radius 2 is 1.50 bits per heavy atom. The minimum Gasteiger partial charge on any atom is -0.350 e. The molecule has 0 spiro atoms. The van der Waals surface area contributed by atoms with Crippen molar-refractivity contribution in [3.8, 4) is 0 Å². The van der Waals surface area contributed by atoms with Crippen LogP contribution in [0.1, 0.15) is 21.5 Å². The molecule has 3 aromatic carbocycles. The number of aliphatic imine (C=N–C) groups is 1. The van der Waals surface area contributed by atoms with Crippen molar-refractivity contribution in [3.63, 3.8) is 0 Å². The Labute approximate surface area is 171 Å². The van der Waals surface area contributed by atoms with E-state index in [0.29, 0.717) is 5.75 Å². The first kappa shape index (κ1) is 19.9. The Morgan fingerprint density at radius 3 is 2.14 bits per heavy atom. The highest BCUT2D eigenvalue weighted by Gasteiger charge is 2.13. The smallest absolute Gasteiger partial charge is 0.173 e. The number of Topliss-reactive ketones (excluding diaryl/α,β-unsaturated/α-hetero) is 1. The molecule has 0 saturated heterocycles. The van der Waals surface area contributed by atoms with E-state index in [4.69, 9.17) is 4.99 Å². The molecule has 0 bridgehead atoms. The third-order valence-corrected chi connectivity index (χ3v) is 5.34. The van der Waals surface area contributed by atoms with Gasteiger partial charge in [0.05, 0.1) is 11.4 Å². The van der Waals surface area contributed by atoms with Crippen LogP contribution in [0.25, 0.3) is 0 Å². The first-order valence-electron chi connectivity index (χ1n) is 9.23. The van der Waals surface area contributed by atoms with Crippen LogP contribution in [0.15, 0.2) is 89.9 Å². The van der Waals surface area contributed by atoms with E-state index in [1.165, 1.54) is 17.3 Å². The number of amidine groups is 1. The van der Waals surface area contributed by atoms with Gasteiger partial charge in [-0.15, -0.1) is 0 Å². The largest absolute Gasteiger partial charge is 0.350 e. The molecule has 0 fully saturated rings. The van der Waals surface area contributed by atoms with Gasteiger partial charge in [0.15, 0.2) is 11.0 Å². The summed E-state index contributed by atoms with van der Waals surface area (Å²) in [6.07, 6.45) is 0. The lowest BCUT2D eigenvalue weighted by Gasteiger charge is -2.21. The van der Waals surface area contributed by atoms with E-state index in [0.717, 1.165) is 28.5 Å². The lowest BCUT2D eigenvalue weighted by Crippen LogP contribution is -2.24. The van der Waals surface area contributed by atoms with Gasteiger partial charge in [-0.1, -0.05) is 90.1 Å². The van der Waals surface area contributed by atoms with Gasteiger partial charge in [0.1, 0.15) is 0 Å². The molecule has 0 unspecified atom stereocenters. The summed E-state index contributed by atoms with van der Waals surface area (Å²) in [6.45, 7) is 2.75. The van der Waals surface area contributed by atoms with E-state index in [1.54, 1.807) is 0 Å². The molecule has 3 rings (SSSR count). The van der Waals surface area contributed by atoms with E-state index < -0.39 is 0 Å². The van der Waals surface area contributed by atoms with E-state index in [9.17, 15) is 4.79 Å². The van der Waals surface area contributed by atoms with Gasteiger partial charge < -0.3 is 4.90 Å². The van der Waals surface area contributed by atoms with Crippen molar-refractivity contribution < 1.29 is 4.79 Å². The fourth-order valence-electron chi connectivity index (χ4n) is 2.72. The van der Waals surface area contributed by atoms with Gasteiger partial charge in [-0.3, -0.25) is 4.79 Å². The molecule has 0 heterocycles. The lowest BCUT2D eigenvalue weighted by atomic mass is 10.1. The van der Waals surface area contributed by atoms with Gasteiger partial charge in [0.25, 0.3) is 0 Å². The number of nitrogens with zero attached hydrogens (tertiary/aromatic N) is 2. The van der Waals surface area contributed by atoms with Crippen LogP contribution in [0.2, 0.25) is 0 Å². The molecule has 0 amide bonds. The van der Waals surface area contributed by atoms with Crippen molar-refractivity contribution in [2.75, 3.05) is 12.8 Å². The molecule has 0 aliphatic heterocycles. The summed E-state index contributed by atoms with van der Waals surface area (Å²) < 4.78 is 0. The Balaban J connectivity index is 1.75. The molecule has 0 atom stereocenters. The molecule has 0 aliphatic rings. The highest BCUT2D eigenvalue weighted by molar-refractivity contribution is 8.14. The summed E-state index contributed by atoms with van der Waals surface area (Å²) >= 11 is 1.48. The minimum atomic E-state index is 0.110. The number of carbonyl (C=O) groups is 1. The first-order chi connectivity index (χ1) is 13.6. The van der Waals surface area contributed by atoms with Crippen LogP contribution in [0, 0.1) is 6.92 Å². The number of rotatable bonds is 6. The topological polar surface area (TPSA) is 32.7 Å². The summed E-state index contributed by atoms with van der Waals surface area (Å²) in [5.74, 6) is 0.465. The zero-order chi connectivity index (χ0) is 19.8. The van der Waals surface area contributed by atoms with Crippen LogP contribution >= 0.6 is 11.8 Å². The third kappa shape index (κ3) is 5.83. The quantitative estimate of drug-likeness (QED) is 0.307. The Bertz CT molecular complexity index is 922. The SMILES string of the molecule is Cc1ccc(C(=O)CSC(=Nc2ccccc2)N(C)Cc2ccccc2)cc1. The van der Waals surface area contributed by atoms with Crippen molar-refractivity contribution in [1.82, 2.24) is 4.90 Å². The highest BCUT2D eigenvalue weighted by atomic mass is 32.2. The van der Waals surface area contributed by atoms with Crippen molar-refractivity contribution in [1.29, 1.82) is 0 Å². The zero-order valence-electron chi connectivity index (χ0n) is 16.2. The highest BCUT2D eigenvalue weighted by Crippen LogP contribution is 2.19. The molecule has 28 heavy (non-hydrogen) atoms. The molecule has 3 aromatic rings. The summed E-state index contributed by atoms with van der Waals surface area (Å²) in [5.41, 5.74) is 3.98. The van der Waals surface area contributed by atoms with Crippen molar-refractivity contribution in [2.45, 2.75) is 13.5 Å². The maximum absolute atomic E-state index is 12.6. The lowest BCUT2D eigenvalue weighted by molar-refractivity contribution is 0.102. The van der Waals surface area contributed by atoms with Gasteiger partial charge in [-0.25, -0.2) is 4.99 Å². The average Bonchev–Trinajstić information content (AvgIpc) is 2.73. The number of para-hydroxylation sites is 1. The molecule has 0 N–H and O–H groups in total. The Kier molecular flexibility index (Phi) is 7.04. The molecular formula is C24H24N2OS. The summed E-state index contributed by atoms with van der Waals surface area (Å²) in [7, 11) is 2.01. The van der Waals surface area contributed by atoms with Crippen molar-refractivity contribution in [3.05, 3.63) is 102 Å². The predicted molar refractivity (Wildman–Crippen MR) is 119 cm³/mol. The molecule has 0 aromatic heterocycles. The zero-order valence-corrected chi connectivity index (χ0v) is 17.0. The van der Waals surface area contributed by atoms with Crippen molar-refractivity contribution >= 4 is 28.4 Å². The average molecular weight is 389 g/mol. The second-order valence-electron chi connectivity index (χ2n) is 6.65. The maximum atomic E-state index is 12.6. The number of benzene rings is 3. The Morgan fingerprint density at radius 1 is 0.893 bits per heavy atom. The van der Waals surface area contributed by atoms with Crippen LogP contribution in [0.5, 0.6) is 0 Å². The fourth-order valence-corrected chi connectivity index (χ4v) is 3.60. The van der Waals surface area contributed by atoms with Gasteiger partial charge in [-0.2, -0.15) is 0 Å². The number of hydrogen-bond donors (Lipinski definition) is 0. The van der Waals surface area contributed by atoms with Crippen LogP contribution in [-0.4, -0.2) is 28.7 Å². The van der Waals surface area contributed by atoms with E-state index in [1.807, 2.05) is 86.8 Å². The van der Waals surface area contributed by atoms with Crippen LogP contribution in [0.4, 0.5) is 5.69 Å². The molecule has 4 heteroatoms. The number of aryl methyl sites for hydroxylation is 1. The normalized spacial score (nSPS) is 11.3. The van der Waals surface area contributed by atoms with E-state index in [2.05, 4.69) is 17.0 Å². The monoisotopic (exact) mass is 388 g/mol. The summed E-state index contributed by atoms with van der Waals surface area (Å²) in [6, 6.07) is 27.8. The molecule has 0 aliphatic carbocycles. The van der Waals surface area contributed by atoms with E-state index in [-0.39, 0.29) is 5.78 Å². The fraction of sp³-hybridized carbons (Fsp3) is 0.167. The minimum absolute atomic E-state index is 0.110. The van der Waals surface area contributed by atoms with Crippen LogP contribution in [0.3, 0.4) is 0 Å². The molecule has 0 saturated carbocycles. The van der Waals surface area contributed by atoms with Crippen LogP contribution < -0.4 is 0 Å². The number of ketones is 1. The third-order valence-electron chi connectivity index (χ3n) is 4.28.